The molecule has 0 heterocycles. The van der Waals surface area contributed by atoms with Crippen LogP contribution in [0.3, 0.4) is 0 Å². The van der Waals surface area contributed by atoms with Gasteiger partial charge in [-0.25, -0.2) is 0 Å². The maximum absolute atomic E-state index is 11.5. The molecule has 0 fully saturated rings. The van der Waals surface area contributed by atoms with Crippen LogP contribution in [0.5, 0.6) is 17.2 Å². The van der Waals surface area contributed by atoms with Gasteiger partial charge in [0.15, 0.2) is 11.5 Å². The molecule has 6 heteroatoms. The Morgan fingerprint density at radius 2 is 1.67 bits per heavy atom. The van der Waals surface area contributed by atoms with Crippen molar-refractivity contribution in [3.05, 3.63) is 90.5 Å². The Hall–Kier alpha value is -3.93. The number of nitrogens with zero attached hydrogens (tertiary/aromatic N) is 2. The molecule has 0 atom stereocenters. The molecule has 0 aliphatic heterocycles. The summed E-state index contributed by atoms with van der Waals surface area (Å²) in [6, 6.07) is 21.6. The van der Waals surface area contributed by atoms with E-state index in [1.807, 2.05) is 42.5 Å². The van der Waals surface area contributed by atoms with Crippen LogP contribution in [0.15, 0.2) is 95.2 Å². The molecule has 0 spiro atoms. The zero-order valence-corrected chi connectivity index (χ0v) is 16.7. The third-order valence-corrected chi connectivity index (χ3v) is 4.22. The van der Waals surface area contributed by atoms with Crippen LogP contribution >= 0.6 is 0 Å². The molecule has 0 aliphatic rings. The topological polar surface area (TPSA) is 83.3 Å². The molecule has 30 heavy (non-hydrogen) atoms. The number of para-hydroxylation sites is 1. The molecule has 0 aromatic heterocycles. The Bertz CT molecular complexity index is 1050. The van der Waals surface area contributed by atoms with Crippen LogP contribution in [0.25, 0.3) is 0 Å². The molecule has 152 valence electrons. The van der Waals surface area contributed by atoms with Gasteiger partial charge in [0.25, 0.3) is 0 Å². The van der Waals surface area contributed by atoms with Crippen molar-refractivity contribution in [2.24, 2.45) is 10.2 Å². The molecule has 1 amide bonds. The number of phenolic OH excluding ortho intramolecular Hbond substituents is 1. The smallest absolute Gasteiger partial charge is 0.246 e. The number of carbonyl (C=O) groups excluding carboxylic acids is 1. The van der Waals surface area contributed by atoms with Crippen LogP contribution in [-0.4, -0.2) is 17.6 Å². The fraction of sp³-hybridized carbons (Fsp3) is 0.125. The number of ether oxygens (including phenoxy) is 1. The fourth-order valence-corrected chi connectivity index (χ4v) is 2.58. The second-order valence-corrected chi connectivity index (χ2v) is 6.72. The molecule has 0 saturated carbocycles. The lowest BCUT2D eigenvalue weighted by molar-refractivity contribution is -0.117. The van der Waals surface area contributed by atoms with Crippen LogP contribution in [0.4, 0.5) is 11.4 Å². The first-order chi connectivity index (χ1) is 14.5. The van der Waals surface area contributed by atoms with Crippen molar-refractivity contribution in [2.75, 3.05) is 6.54 Å². The molecule has 0 unspecified atom stereocenters. The summed E-state index contributed by atoms with van der Waals surface area (Å²) in [4.78, 5) is 11.5. The van der Waals surface area contributed by atoms with E-state index in [1.165, 1.54) is 6.07 Å². The van der Waals surface area contributed by atoms with Crippen molar-refractivity contribution in [3.8, 4) is 17.2 Å². The van der Waals surface area contributed by atoms with Gasteiger partial charge < -0.3 is 15.2 Å². The average Bonchev–Trinajstić information content (AvgIpc) is 2.76. The van der Waals surface area contributed by atoms with Gasteiger partial charge in [0.05, 0.1) is 11.4 Å². The minimum atomic E-state index is -0.134. The summed E-state index contributed by atoms with van der Waals surface area (Å²) < 4.78 is 5.70. The first kappa shape index (κ1) is 20.8. The van der Waals surface area contributed by atoms with Gasteiger partial charge in [0.2, 0.25) is 5.91 Å². The number of azo groups is 1. The van der Waals surface area contributed by atoms with E-state index in [9.17, 15) is 9.90 Å². The molecule has 2 N–H and O–H groups in total. The minimum Gasteiger partial charge on any atom is -0.504 e. The number of nitrogens with one attached hydrogen (secondary N) is 1. The molecule has 0 bridgehead atoms. The lowest BCUT2D eigenvalue weighted by Crippen LogP contribution is -2.25. The van der Waals surface area contributed by atoms with E-state index in [0.717, 1.165) is 5.56 Å². The predicted molar refractivity (Wildman–Crippen MR) is 117 cm³/mol. The van der Waals surface area contributed by atoms with E-state index >= 15 is 0 Å². The molecule has 3 rings (SSSR count). The van der Waals surface area contributed by atoms with Crippen LogP contribution in [-0.2, 0) is 11.2 Å². The summed E-state index contributed by atoms with van der Waals surface area (Å²) in [7, 11) is 0. The van der Waals surface area contributed by atoms with E-state index < -0.39 is 0 Å². The van der Waals surface area contributed by atoms with Gasteiger partial charge >= 0.3 is 0 Å². The number of hydrogen-bond donors (Lipinski definition) is 2. The number of phenols is 1. The van der Waals surface area contributed by atoms with E-state index in [4.69, 9.17) is 4.74 Å². The van der Waals surface area contributed by atoms with E-state index in [1.54, 1.807) is 31.2 Å². The van der Waals surface area contributed by atoms with Gasteiger partial charge in [0.1, 0.15) is 5.75 Å². The minimum absolute atomic E-state index is 0.0286. The van der Waals surface area contributed by atoms with Gasteiger partial charge in [-0.1, -0.05) is 36.9 Å². The molecule has 0 radical (unpaired) electrons. The Balaban J connectivity index is 1.61. The van der Waals surface area contributed by atoms with Gasteiger partial charge in [-0.15, -0.1) is 0 Å². The summed E-state index contributed by atoms with van der Waals surface area (Å²) in [5.41, 5.74) is 2.84. The number of hydrogen-bond acceptors (Lipinski definition) is 5. The summed E-state index contributed by atoms with van der Waals surface area (Å²) >= 11 is 0. The number of benzene rings is 3. The highest BCUT2D eigenvalue weighted by molar-refractivity contribution is 5.92. The number of amides is 1. The van der Waals surface area contributed by atoms with Crippen molar-refractivity contribution >= 4 is 17.3 Å². The van der Waals surface area contributed by atoms with Gasteiger partial charge in [-0.3, -0.25) is 4.79 Å². The third-order valence-electron chi connectivity index (χ3n) is 4.22. The van der Waals surface area contributed by atoms with Crippen molar-refractivity contribution < 1.29 is 14.6 Å². The summed E-state index contributed by atoms with van der Waals surface area (Å²) in [5.74, 6) is 0.826. The highest BCUT2D eigenvalue weighted by atomic mass is 16.5. The molecule has 6 nitrogen and oxygen atoms in total. The molecular formula is C24H23N3O3. The predicted octanol–water partition coefficient (Wildman–Crippen LogP) is 5.83. The molecule has 0 aliphatic carbocycles. The van der Waals surface area contributed by atoms with Crippen molar-refractivity contribution in [1.82, 2.24) is 5.32 Å². The Morgan fingerprint density at radius 3 is 2.37 bits per heavy atom. The monoisotopic (exact) mass is 401 g/mol. The maximum Gasteiger partial charge on any atom is 0.246 e. The lowest BCUT2D eigenvalue weighted by Gasteiger charge is -2.07. The van der Waals surface area contributed by atoms with Gasteiger partial charge in [-0.05, 0) is 55.3 Å². The van der Waals surface area contributed by atoms with Gasteiger partial charge in [0, 0.05) is 18.2 Å². The largest absolute Gasteiger partial charge is 0.504 e. The maximum atomic E-state index is 11.5. The second kappa shape index (κ2) is 10.0. The first-order valence-electron chi connectivity index (χ1n) is 9.51. The van der Waals surface area contributed by atoms with Crippen molar-refractivity contribution in [3.63, 3.8) is 0 Å². The molecular weight excluding hydrogens is 378 g/mol. The standard InChI is InChI=1S/C24H23N3O3/c1-17(2)24(29)25-15-14-18-8-10-19(11-9-18)26-27-20-12-13-22(28)23(16-20)30-21-6-4-3-5-7-21/h3-13,16,28H,1,14-15H2,2H3,(H,25,29). The van der Waals surface area contributed by atoms with E-state index in [2.05, 4.69) is 22.1 Å². The van der Waals surface area contributed by atoms with Crippen molar-refractivity contribution in [1.29, 1.82) is 0 Å². The average molecular weight is 401 g/mol. The highest BCUT2D eigenvalue weighted by Gasteiger charge is 2.06. The van der Waals surface area contributed by atoms with Crippen LogP contribution in [0.2, 0.25) is 0 Å². The Kier molecular flexibility index (Phi) is 6.95. The molecule has 3 aromatic carbocycles. The number of rotatable bonds is 8. The number of carbonyl (C=O) groups is 1. The fourth-order valence-electron chi connectivity index (χ4n) is 2.58. The summed E-state index contributed by atoms with van der Waals surface area (Å²) in [6.45, 7) is 5.84. The SMILES string of the molecule is C=C(C)C(=O)NCCc1ccc(N=Nc2ccc(O)c(Oc3ccccc3)c2)cc1. The quantitative estimate of drug-likeness (QED) is 0.368. The highest BCUT2D eigenvalue weighted by Crippen LogP contribution is 2.34. The second-order valence-electron chi connectivity index (χ2n) is 6.72. The Morgan fingerprint density at radius 1 is 1.00 bits per heavy atom. The van der Waals surface area contributed by atoms with Crippen molar-refractivity contribution in [2.45, 2.75) is 13.3 Å². The zero-order valence-electron chi connectivity index (χ0n) is 16.7. The van der Waals surface area contributed by atoms with E-state index in [0.29, 0.717) is 41.4 Å². The first-order valence-corrected chi connectivity index (χ1v) is 9.51. The van der Waals surface area contributed by atoms with Crippen LogP contribution < -0.4 is 10.1 Å². The Labute approximate surface area is 175 Å². The molecule has 3 aromatic rings. The normalized spacial score (nSPS) is 10.7. The van der Waals surface area contributed by atoms with Gasteiger partial charge in [-0.2, -0.15) is 10.2 Å². The lowest BCUT2D eigenvalue weighted by atomic mass is 10.1. The molecule has 0 saturated heterocycles. The van der Waals surface area contributed by atoms with Crippen LogP contribution in [0.1, 0.15) is 12.5 Å². The third kappa shape index (κ3) is 6.04. The summed E-state index contributed by atoms with van der Waals surface area (Å²) in [6.07, 6.45) is 0.717. The van der Waals surface area contributed by atoms with E-state index in [-0.39, 0.29) is 11.7 Å². The zero-order chi connectivity index (χ0) is 21.3. The number of aromatic hydroxyl groups is 1. The van der Waals surface area contributed by atoms with Crippen LogP contribution in [0, 0.1) is 0 Å². The summed E-state index contributed by atoms with van der Waals surface area (Å²) in [5, 5.41) is 21.3.